The zero-order chi connectivity index (χ0) is 14.3. The maximum absolute atomic E-state index is 12.3. The van der Waals surface area contributed by atoms with Gasteiger partial charge in [-0.1, -0.05) is 30.4 Å². The number of allylic oxidation sites excluding steroid dienone is 1. The van der Waals surface area contributed by atoms with Crippen molar-refractivity contribution in [3.05, 3.63) is 52.6 Å². The lowest BCUT2D eigenvalue weighted by Gasteiger charge is -2.21. The molecule has 7 heteroatoms. The molecule has 106 valence electrons. The molecule has 0 radical (unpaired) electrons. The third kappa shape index (κ3) is 2.07. The van der Waals surface area contributed by atoms with Crippen molar-refractivity contribution >= 4 is 10.1 Å². The van der Waals surface area contributed by atoms with E-state index in [-0.39, 0.29) is 17.6 Å². The second-order valence-electron chi connectivity index (χ2n) is 5.08. The number of benzene rings is 1. The number of rotatable bonds is 4. The van der Waals surface area contributed by atoms with Gasteiger partial charge in [0.25, 0.3) is 0 Å². The summed E-state index contributed by atoms with van der Waals surface area (Å²) in [7, 11) is -4.03. The molecule has 1 saturated carbocycles. The average molecular weight is 295 g/mol. The van der Waals surface area contributed by atoms with Crippen LogP contribution in [0, 0.1) is 22.0 Å². The van der Waals surface area contributed by atoms with Gasteiger partial charge < -0.3 is 4.18 Å². The van der Waals surface area contributed by atoms with Crippen molar-refractivity contribution in [2.45, 2.75) is 17.7 Å². The van der Waals surface area contributed by atoms with Crippen LogP contribution in [0.5, 0.6) is 5.75 Å². The summed E-state index contributed by atoms with van der Waals surface area (Å²) >= 11 is 0. The molecule has 2 aliphatic carbocycles. The van der Waals surface area contributed by atoms with E-state index in [0.717, 1.165) is 0 Å². The highest BCUT2D eigenvalue weighted by Gasteiger charge is 2.58. The van der Waals surface area contributed by atoms with Gasteiger partial charge in [0.15, 0.2) is 5.25 Å². The standard InChI is InChI=1S/C13H13NO5S/c15-14(16)12-9-6-7-10(8-9)13(12)20(17,18)19-11-4-2-1-3-5-11/h1-7,9-10,12-13H,8H2. The van der Waals surface area contributed by atoms with Crippen molar-refractivity contribution in [1.82, 2.24) is 0 Å². The molecule has 20 heavy (non-hydrogen) atoms. The Morgan fingerprint density at radius 2 is 1.80 bits per heavy atom. The first-order valence-electron chi connectivity index (χ1n) is 6.29. The fourth-order valence-corrected chi connectivity index (χ4v) is 4.84. The molecule has 1 aromatic rings. The van der Waals surface area contributed by atoms with E-state index in [9.17, 15) is 18.5 Å². The largest absolute Gasteiger partial charge is 0.382 e. The summed E-state index contributed by atoms with van der Waals surface area (Å²) in [6.07, 6.45) is 4.00. The lowest BCUT2D eigenvalue weighted by atomic mass is 10.0. The van der Waals surface area contributed by atoms with Gasteiger partial charge in [-0.2, -0.15) is 8.42 Å². The van der Waals surface area contributed by atoms with Gasteiger partial charge in [0.05, 0.1) is 0 Å². The normalized spacial score (nSPS) is 31.4. The third-order valence-corrected chi connectivity index (χ3v) is 5.60. The van der Waals surface area contributed by atoms with Crippen LogP contribution in [0.3, 0.4) is 0 Å². The van der Waals surface area contributed by atoms with Crippen molar-refractivity contribution in [2.75, 3.05) is 0 Å². The zero-order valence-electron chi connectivity index (χ0n) is 10.5. The van der Waals surface area contributed by atoms with Crippen molar-refractivity contribution in [1.29, 1.82) is 0 Å². The minimum Gasteiger partial charge on any atom is -0.382 e. The van der Waals surface area contributed by atoms with E-state index in [1.807, 2.05) is 0 Å². The summed E-state index contributed by atoms with van der Waals surface area (Å²) in [4.78, 5) is 10.7. The predicted molar refractivity (Wildman–Crippen MR) is 71.3 cm³/mol. The molecule has 4 unspecified atom stereocenters. The molecule has 6 nitrogen and oxygen atoms in total. The number of nitro groups is 1. The molecule has 3 rings (SSSR count). The maximum atomic E-state index is 12.3. The molecular formula is C13H13NO5S. The summed E-state index contributed by atoms with van der Waals surface area (Å²) in [5.74, 6) is -0.459. The Hall–Kier alpha value is -1.89. The van der Waals surface area contributed by atoms with Gasteiger partial charge in [-0.05, 0) is 18.6 Å². The smallest absolute Gasteiger partial charge is 0.319 e. The van der Waals surface area contributed by atoms with Crippen LogP contribution in [0.1, 0.15) is 6.42 Å². The first-order chi connectivity index (χ1) is 9.49. The van der Waals surface area contributed by atoms with Crippen molar-refractivity contribution in [3.63, 3.8) is 0 Å². The summed E-state index contributed by atoms with van der Waals surface area (Å²) in [6, 6.07) is 6.95. The quantitative estimate of drug-likeness (QED) is 0.364. The van der Waals surface area contributed by atoms with E-state index in [4.69, 9.17) is 4.18 Å². The highest BCUT2D eigenvalue weighted by atomic mass is 32.2. The molecule has 1 fully saturated rings. The summed E-state index contributed by atoms with van der Waals surface area (Å²) in [5, 5.41) is 10.0. The van der Waals surface area contributed by atoms with E-state index >= 15 is 0 Å². The fourth-order valence-electron chi connectivity index (χ4n) is 3.08. The lowest BCUT2D eigenvalue weighted by Crippen LogP contribution is -2.44. The number of para-hydroxylation sites is 1. The number of nitrogens with zero attached hydrogens (tertiary/aromatic N) is 1. The van der Waals surface area contributed by atoms with E-state index < -0.39 is 26.3 Å². The summed E-state index contributed by atoms with van der Waals surface area (Å²) in [5.41, 5.74) is 0. The van der Waals surface area contributed by atoms with Crippen molar-refractivity contribution in [3.8, 4) is 5.75 Å². The van der Waals surface area contributed by atoms with Crippen LogP contribution in [0.2, 0.25) is 0 Å². The highest BCUT2D eigenvalue weighted by Crippen LogP contribution is 2.44. The fraction of sp³-hybridized carbons (Fsp3) is 0.385. The van der Waals surface area contributed by atoms with Gasteiger partial charge in [0.2, 0.25) is 6.04 Å². The second-order valence-corrected chi connectivity index (χ2v) is 6.77. The van der Waals surface area contributed by atoms with Crippen LogP contribution in [0.4, 0.5) is 0 Å². The monoisotopic (exact) mass is 295 g/mol. The van der Waals surface area contributed by atoms with Gasteiger partial charge in [-0.3, -0.25) is 10.1 Å². The first kappa shape index (κ1) is 13.1. The van der Waals surface area contributed by atoms with Crippen LogP contribution < -0.4 is 4.18 Å². The molecule has 0 heterocycles. The molecular weight excluding hydrogens is 282 g/mol. The minimum absolute atomic E-state index is 0.182. The van der Waals surface area contributed by atoms with Crippen LogP contribution in [0.25, 0.3) is 0 Å². The van der Waals surface area contributed by atoms with E-state index in [1.165, 1.54) is 12.1 Å². The maximum Gasteiger partial charge on any atom is 0.319 e. The van der Waals surface area contributed by atoms with Gasteiger partial charge in [0.1, 0.15) is 5.75 Å². The topological polar surface area (TPSA) is 86.5 Å². The number of hydrogen-bond donors (Lipinski definition) is 0. The Morgan fingerprint density at radius 3 is 2.45 bits per heavy atom. The number of fused-ring (bicyclic) bond motifs is 2. The van der Waals surface area contributed by atoms with Gasteiger partial charge in [-0.15, -0.1) is 0 Å². The van der Waals surface area contributed by atoms with Crippen LogP contribution >= 0.6 is 0 Å². The van der Waals surface area contributed by atoms with Gasteiger partial charge in [-0.25, -0.2) is 0 Å². The molecule has 0 amide bonds. The molecule has 0 N–H and O–H groups in total. The zero-order valence-corrected chi connectivity index (χ0v) is 11.3. The van der Waals surface area contributed by atoms with Crippen LogP contribution in [0.15, 0.2) is 42.5 Å². The molecule has 0 saturated heterocycles. The predicted octanol–water partition coefficient (Wildman–Crippen LogP) is 1.61. The Balaban J connectivity index is 1.91. The van der Waals surface area contributed by atoms with E-state index in [0.29, 0.717) is 6.42 Å². The van der Waals surface area contributed by atoms with Crippen LogP contribution in [-0.4, -0.2) is 24.6 Å². The molecule has 2 aliphatic rings. The molecule has 4 atom stereocenters. The molecule has 1 aromatic carbocycles. The molecule has 2 bridgehead atoms. The van der Waals surface area contributed by atoms with Crippen LogP contribution in [-0.2, 0) is 10.1 Å². The Morgan fingerprint density at radius 1 is 1.15 bits per heavy atom. The molecule has 0 spiro atoms. The minimum atomic E-state index is -4.03. The number of hydrogen-bond acceptors (Lipinski definition) is 5. The Kier molecular flexibility index (Phi) is 3.01. The summed E-state index contributed by atoms with van der Waals surface area (Å²) < 4.78 is 29.7. The van der Waals surface area contributed by atoms with Gasteiger partial charge >= 0.3 is 10.1 Å². The van der Waals surface area contributed by atoms with Crippen molar-refractivity contribution in [2.24, 2.45) is 11.8 Å². The third-order valence-electron chi connectivity index (χ3n) is 3.88. The highest BCUT2D eigenvalue weighted by molar-refractivity contribution is 7.87. The van der Waals surface area contributed by atoms with E-state index in [2.05, 4.69) is 0 Å². The SMILES string of the molecule is O=[N+]([O-])C1C2C=CC(C2)C1S(=O)(=O)Oc1ccccc1. The average Bonchev–Trinajstić information content (AvgIpc) is 2.99. The Labute approximate surface area is 116 Å². The molecule has 0 aliphatic heterocycles. The molecule has 0 aromatic heterocycles. The first-order valence-corrected chi connectivity index (χ1v) is 7.76. The van der Waals surface area contributed by atoms with Crippen molar-refractivity contribution < 1.29 is 17.5 Å². The second kappa shape index (κ2) is 4.59. The lowest BCUT2D eigenvalue weighted by molar-refractivity contribution is -0.525. The van der Waals surface area contributed by atoms with E-state index in [1.54, 1.807) is 30.4 Å². The Bertz CT molecular complexity index is 655. The van der Waals surface area contributed by atoms with Gasteiger partial charge in [0, 0.05) is 16.8 Å². The summed E-state index contributed by atoms with van der Waals surface area (Å²) in [6.45, 7) is 0.